The van der Waals surface area contributed by atoms with Gasteiger partial charge in [-0.05, 0) is 55.1 Å². The number of rotatable bonds is 5. The summed E-state index contributed by atoms with van der Waals surface area (Å²) in [6, 6.07) is 6.63. The summed E-state index contributed by atoms with van der Waals surface area (Å²) >= 11 is 1.10. The molecular formula is C14H16N3O4S+. The quantitative estimate of drug-likeness (QED) is 0.488. The number of ketones is 1. The van der Waals surface area contributed by atoms with Gasteiger partial charge >= 0.3 is 10.7 Å². The first-order chi connectivity index (χ1) is 10.4. The molecule has 0 bridgehead atoms. The molecule has 0 fully saturated rings. The summed E-state index contributed by atoms with van der Waals surface area (Å²) in [6.07, 6.45) is 0. The molecule has 0 aliphatic rings. The van der Waals surface area contributed by atoms with E-state index < -0.39 is 10.9 Å². The van der Waals surface area contributed by atoms with E-state index in [0.29, 0.717) is 16.3 Å². The van der Waals surface area contributed by atoms with Gasteiger partial charge in [0.05, 0.1) is 5.25 Å². The van der Waals surface area contributed by atoms with Crippen molar-refractivity contribution in [1.82, 2.24) is 5.27 Å². The van der Waals surface area contributed by atoms with Gasteiger partial charge in [-0.15, -0.1) is 0 Å². The highest BCUT2D eigenvalue weighted by Gasteiger charge is 2.25. The van der Waals surface area contributed by atoms with Gasteiger partial charge in [-0.1, -0.05) is 4.68 Å². The Kier molecular flexibility index (Phi) is 4.81. The third kappa shape index (κ3) is 3.64. The van der Waals surface area contributed by atoms with Crippen molar-refractivity contribution >= 4 is 29.1 Å². The summed E-state index contributed by atoms with van der Waals surface area (Å²) in [5.74, 6) is -0.283. The second-order valence-electron chi connectivity index (χ2n) is 4.73. The lowest BCUT2D eigenvalue weighted by Crippen LogP contribution is -2.35. The molecule has 1 aromatic carbocycles. The third-order valence-corrected chi connectivity index (χ3v) is 4.20. The number of Topliss-reactive ketones (excluding diaryl/α,β-unsaturated/α-hetero) is 1. The third-order valence-electron chi connectivity index (χ3n) is 2.97. The van der Waals surface area contributed by atoms with E-state index in [1.54, 1.807) is 38.2 Å². The molecule has 0 spiro atoms. The molecule has 22 heavy (non-hydrogen) atoms. The van der Waals surface area contributed by atoms with Crippen molar-refractivity contribution in [2.45, 2.75) is 24.1 Å². The first kappa shape index (κ1) is 16.0. The van der Waals surface area contributed by atoms with Crippen LogP contribution in [0.4, 0.5) is 5.69 Å². The largest absolute Gasteiger partial charge is 0.441 e. The topological polar surface area (TPSA) is 96.0 Å². The summed E-state index contributed by atoms with van der Waals surface area (Å²) < 4.78 is 6.04. The Balaban J connectivity index is 2.02. The zero-order valence-electron chi connectivity index (χ0n) is 12.4. The fourth-order valence-electron chi connectivity index (χ4n) is 1.71. The number of amides is 1. The van der Waals surface area contributed by atoms with Gasteiger partial charge in [0.15, 0.2) is 12.8 Å². The highest BCUT2D eigenvalue weighted by atomic mass is 32.2. The number of thioether (sulfide) groups is 1. The number of benzene rings is 1. The Hall–Kier alpha value is -2.35. The van der Waals surface area contributed by atoms with Crippen LogP contribution < -0.4 is 15.6 Å². The van der Waals surface area contributed by atoms with E-state index in [1.807, 2.05) is 0 Å². The van der Waals surface area contributed by atoms with Gasteiger partial charge in [0.2, 0.25) is 5.91 Å². The molecule has 2 N–H and O–H groups in total. The average molecular weight is 322 g/mol. The summed E-state index contributed by atoms with van der Waals surface area (Å²) in [5, 5.41) is 4.95. The van der Waals surface area contributed by atoms with Crippen molar-refractivity contribution in [1.29, 1.82) is 0 Å². The lowest BCUT2D eigenvalue weighted by atomic mass is 10.1. The van der Waals surface area contributed by atoms with Gasteiger partial charge in [-0.3, -0.25) is 14.1 Å². The molecule has 2 rings (SSSR count). The Bertz CT molecular complexity index is 748. The van der Waals surface area contributed by atoms with Crippen LogP contribution >= 0.6 is 11.8 Å². The van der Waals surface area contributed by atoms with E-state index in [2.05, 4.69) is 15.1 Å². The standard InChI is InChI=1S/C14H15N3O4S/c1-8(18)10-4-6-11(7-5-10)15-12(19)9(2)22-13-14(20)21-16-17(13)3/h4-7,9H,1-3H3,(H-,15,16,18,19,20)/p+1. The van der Waals surface area contributed by atoms with Crippen molar-refractivity contribution in [2.24, 2.45) is 7.05 Å². The van der Waals surface area contributed by atoms with Crippen molar-refractivity contribution in [2.75, 3.05) is 5.32 Å². The minimum atomic E-state index is -0.516. The number of carbonyl (C=O) groups is 2. The van der Waals surface area contributed by atoms with E-state index in [-0.39, 0.29) is 11.7 Å². The van der Waals surface area contributed by atoms with Crippen LogP contribution in [0, 0.1) is 0 Å². The van der Waals surface area contributed by atoms with Gasteiger partial charge < -0.3 is 5.32 Å². The van der Waals surface area contributed by atoms with Crippen molar-refractivity contribution in [3.63, 3.8) is 0 Å². The van der Waals surface area contributed by atoms with Crippen LogP contribution in [0.1, 0.15) is 24.2 Å². The lowest BCUT2D eigenvalue weighted by Gasteiger charge is -2.09. The Labute approximate surface area is 130 Å². The van der Waals surface area contributed by atoms with Gasteiger partial charge in [0, 0.05) is 11.3 Å². The highest BCUT2D eigenvalue weighted by Crippen LogP contribution is 2.18. The molecule has 1 aromatic heterocycles. The van der Waals surface area contributed by atoms with Crippen LogP contribution in [-0.4, -0.2) is 22.2 Å². The van der Waals surface area contributed by atoms with Gasteiger partial charge in [-0.25, -0.2) is 4.79 Å². The van der Waals surface area contributed by atoms with E-state index in [0.717, 1.165) is 11.8 Å². The van der Waals surface area contributed by atoms with Crippen LogP contribution in [0.25, 0.3) is 0 Å². The molecule has 0 radical (unpaired) electrons. The fraction of sp³-hybridized carbons (Fsp3) is 0.286. The molecule has 116 valence electrons. The number of nitrogens with one attached hydrogen (secondary N) is 2. The molecule has 1 amide bonds. The molecule has 0 saturated heterocycles. The molecule has 1 atom stereocenters. The van der Waals surface area contributed by atoms with Crippen LogP contribution in [-0.2, 0) is 11.8 Å². The molecule has 0 aliphatic carbocycles. The van der Waals surface area contributed by atoms with Gasteiger partial charge in [-0.2, -0.15) is 0 Å². The van der Waals surface area contributed by atoms with Gasteiger partial charge in [0.1, 0.15) is 0 Å². The smallest absolute Gasteiger partial charge is 0.325 e. The maximum absolute atomic E-state index is 12.1. The minimum Gasteiger partial charge on any atom is -0.325 e. The molecule has 1 heterocycles. The van der Waals surface area contributed by atoms with Crippen LogP contribution in [0.5, 0.6) is 0 Å². The predicted molar refractivity (Wildman–Crippen MR) is 80.9 cm³/mol. The van der Waals surface area contributed by atoms with Crippen LogP contribution in [0.2, 0.25) is 0 Å². The molecule has 7 nitrogen and oxygen atoms in total. The lowest BCUT2D eigenvalue weighted by molar-refractivity contribution is -0.772. The Morgan fingerprint density at radius 2 is 1.95 bits per heavy atom. The monoisotopic (exact) mass is 322 g/mol. The molecular weight excluding hydrogens is 306 g/mol. The number of aromatic nitrogens is 2. The molecule has 8 heteroatoms. The number of aromatic amines is 1. The number of anilines is 1. The number of hydrogen-bond acceptors (Lipinski definition) is 5. The van der Waals surface area contributed by atoms with Crippen molar-refractivity contribution < 1.29 is 18.8 Å². The average Bonchev–Trinajstić information content (AvgIpc) is 2.79. The Morgan fingerprint density at radius 3 is 2.45 bits per heavy atom. The summed E-state index contributed by atoms with van der Waals surface area (Å²) in [7, 11) is 1.62. The molecule has 0 aliphatic heterocycles. The van der Waals surface area contributed by atoms with E-state index in [4.69, 9.17) is 0 Å². The summed E-state index contributed by atoms with van der Waals surface area (Å²) in [5.41, 5.74) is 0.656. The normalized spacial score (nSPS) is 12.0. The second-order valence-corrected chi connectivity index (χ2v) is 6.06. The molecule has 1 unspecified atom stereocenters. The number of carbonyl (C=O) groups excluding carboxylic acids is 2. The fourth-order valence-corrected chi connectivity index (χ4v) is 2.55. The van der Waals surface area contributed by atoms with Crippen LogP contribution in [0.15, 0.2) is 38.6 Å². The zero-order valence-corrected chi connectivity index (χ0v) is 13.2. The predicted octanol–water partition coefficient (Wildman–Crippen LogP) is 1.11. The van der Waals surface area contributed by atoms with E-state index in [9.17, 15) is 14.4 Å². The maximum atomic E-state index is 12.1. The summed E-state index contributed by atoms with van der Waals surface area (Å²) in [4.78, 5) is 34.8. The van der Waals surface area contributed by atoms with E-state index >= 15 is 0 Å². The number of nitrogens with zero attached hydrogens (tertiary/aromatic N) is 1. The first-order valence-corrected chi connectivity index (χ1v) is 7.42. The number of aryl methyl sites for hydroxylation is 1. The molecule has 2 aromatic rings. The second kappa shape index (κ2) is 6.61. The number of hydrogen-bond donors (Lipinski definition) is 2. The molecule has 0 saturated carbocycles. The zero-order chi connectivity index (χ0) is 16.3. The first-order valence-electron chi connectivity index (χ1n) is 6.54. The maximum Gasteiger partial charge on any atom is 0.441 e. The van der Waals surface area contributed by atoms with Crippen molar-refractivity contribution in [3.8, 4) is 0 Å². The van der Waals surface area contributed by atoms with E-state index in [1.165, 1.54) is 11.6 Å². The Morgan fingerprint density at radius 1 is 1.32 bits per heavy atom. The van der Waals surface area contributed by atoms with Gasteiger partial charge in [0.25, 0.3) is 0 Å². The number of H-pyrrole nitrogens is 1. The SMILES string of the molecule is CC(=O)c1ccc(NC(=O)C(C)Sc2c(=O)o[nH][n+]2C)cc1. The summed E-state index contributed by atoms with van der Waals surface area (Å²) in [6.45, 7) is 3.17. The van der Waals surface area contributed by atoms with Crippen molar-refractivity contribution in [3.05, 3.63) is 40.2 Å². The minimum absolute atomic E-state index is 0.0338. The highest BCUT2D eigenvalue weighted by molar-refractivity contribution is 8.00. The van der Waals surface area contributed by atoms with Crippen LogP contribution in [0.3, 0.4) is 0 Å².